The molecule has 0 aromatic heterocycles. The Morgan fingerprint density at radius 2 is 1.45 bits per heavy atom. The van der Waals surface area contributed by atoms with Crippen molar-refractivity contribution < 1.29 is 44.3 Å². The van der Waals surface area contributed by atoms with Gasteiger partial charge in [0, 0.05) is 6.54 Å². The van der Waals surface area contributed by atoms with E-state index in [0.717, 1.165) is 0 Å². The maximum Gasteiger partial charge on any atom is 0.460 e. The average Bonchev–Trinajstić information content (AvgIpc) is 3.06. The van der Waals surface area contributed by atoms with E-state index in [1.165, 1.54) is 0 Å². The Morgan fingerprint density at radius 3 is 1.80 bits per heavy atom. The van der Waals surface area contributed by atoms with E-state index in [4.69, 9.17) is 0 Å². The lowest BCUT2D eigenvalue weighted by molar-refractivity contribution is -0.396. The van der Waals surface area contributed by atoms with Gasteiger partial charge in [-0.1, -0.05) is 6.58 Å². The lowest BCUT2D eigenvalue weighted by atomic mass is 10.0. The maximum absolute atomic E-state index is 13.2. The summed E-state index contributed by atoms with van der Waals surface area (Å²) < 4.78 is 113. The highest BCUT2D eigenvalue weighted by molar-refractivity contribution is 5.89. The minimum absolute atomic E-state index is 0.00731. The van der Waals surface area contributed by atoms with Crippen molar-refractivity contribution in [3.05, 3.63) is 12.7 Å². The molecular formula is C9H6F9NO. The first-order valence-electron chi connectivity index (χ1n) is 4.85. The molecule has 0 N–H and O–H groups in total. The van der Waals surface area contributed by atoms with E-state index in [9.17, 15) is 44.3 Å². The standard InChI is InChI=1S/C9H6F9NO/c1-2-5(20)19-3-4(19)6(10,11)7(12,13)8(14,15)9(16,17)18/h2,4H,1,3H2. The molecule has 116 valence electrons. The lowest BCUT2D eigenvalue weighted by Crippen LogP contribution is -2.63. The second-order valence-corrected chi connectivity index (χ2v) is 3.98. The van der Waals surface area contributed by atoms with E-state index >= 15 is 0 Å². The van der Waals surface area contributed by atoms with Crippen LogP contribution in [0.1, 0.15) is 0 Å². The predicted molar refractivity (Wildman–Crippen MR) is 46.6 cm³/mol. The third-order valence-electron chi connectivity index (χ3n) is 2.66. The molecule has 0 spiro atoms. The zero-order chi connectivity index (χ0) is 16.1. The second kappa shape index (κ2) is 4.29. The van der Waals surface area contributed by atoms with E-state index in [-0.39, 0.29) is 4.90 Å². The van der Waals surface area contributed by atoms with Gasteiger partial charge >= 0.3 is 23.9 Å². The Balaban J connectivity index is 3.09. The first-order valence-corrected chi connectivity index (χ1v) is 4.85. The van der Waals surface area contributed by atoms with Crippen LogP contribution in [0, 0.1) is 0 Å². The molecule has 0 radical (unpaired) electrons. The first-order chi connectivity index (χ1) is 8.71. The molecule has 1 amide bonds. The third-order valence-corrected chi connectivity index (χ3v) is 2.66. The number of carbonyl (C=O) groups is 1. The van der Waals surface area contributed by atoms with Crippen LogP contribution >= 0.6 is 0 Å². The summed E-state index contributed by atoms with van der Waals surface area (Å²) in [7, 11) is 0. The summed E-state index contributed by atoms with van der Waals surface area (Å²) in [4.78, 5) is 10.8. The van der Waals surface area contributed by atoms with Gasteiger partial charge in [-0.3, -0.25) is 4.79 Å². The van der Waals surface area contributed by atoms with Crippen molar-refractivity contribution in [1.29, 1.82) is 0 Å². The first kappa shape index (κ1) is 16.6. The molecule has 0 aromatic carbocycles. The number of halogens is 9. The predicted octanol–water partition coefficient (Wildman–Crippen LogP) is 2.85. The molecule has 1 aliphatic heterocycles. The maximum atomic E-state index is 13.2. The summed E-state index contributed by atoms with van der Waals surface area (Å²) >= 11 is 0. The van der Waals surface area contributed by atoms with Crippen LogP contribution in [0.5, 0.6) is 0 Å². The van der Waals surface area contributed by atoms with E-state index in [0.29, 0.717) is 6.08 Å². The van der Waals surface area contributed by atoms with Gasteiger partial charge in [-0.05, 0) is 6.08 Å². The molecule has 2 nitrogen and oxygen atoms in total. The fraction of sp³-hybridized carbons (Fsp3) is 0.667. The van der Waals surface area contributed by atoms with Gasteiger partial charge in [-0.25, -0.2) is 0 Å². The molecule has 1 fully saturated rings. The number of hydrogen-bond donors (Lipinski definition) is 0. The van der Waals surface area contributed by atoms with Crippen LogP contribution in [0.15, 0.2) is 12.7 Å². The van der Waals surface area contributed by atoms with Crippen LogP contribution in [-0.2, 0) is 4.79 Å². The summed E-state index contributed by atoms with van der Waals surface area (Å²) in [5, 5.41) is 0. The van der Waals surface area contributed by atoms with E-state index < -0.39 is 42.4 Å². The molecule has 0 bridgehead atoms. The molecule has 1 unspecified atom stereocenters. The van der Waals surface area contributed by atoms with Gasteiger partial charge in [0.25, 0.3) is 0 Å². The number of carbonyl (C=O) groups excluding carboxylic acids is 1. The van der Waals surface area contributed by atoms with Crippen LogP contribution in [0.4, 0.5) is 39.5 Å². The van der Waals surface area contributed by atoms with E-state index in [1.54, 1.807) is 0 Å². The fourth-order valence-corrected chi connectivity index (χ4v) is 1.41. The molecule has 1 atom stereocenters. The van der Waals surface area contributed by atoms with Crippen molar-refractivity contribution >= 4 is 5.91 Å². The Labute approximate surface area is 105 Å². The zero-order valence-electron chi connectivity index (χ0n) is 9.33. The average molecular weight is 315 g/mol. The molecular weight excluding hydrogens is 309 g/mol. The van der Waals surface area contributed by atoms with Crippen LogP contribution in [0.2, 0.25) is 0 Å². The molecule has 11 heteroatoms. The number of alkyl halides is 9. The van der Waals surface area contributed by atoms with Crippen LogP contribution in [0.25, 0.3) is 0 Å². The van der Waals surface area contributed by atoms with Crippen molar-refractivity contribution in [3.63, 3.8) is 0 Å². The van der Waals surface area contributed by atoms with Crippen molar-refractivity contribution in [2.45, 2.75) is 30.0 Å². The molecule has 1 heterocycles. The highest BCUT2D eigenvalue weighted by Gasteiger charge is 2.85. The van der Waals surface area contributed by atoms with Crippen molar-refractivity contribution in [2.75, 3.05) is 6.54 Å². The van der Waals surface area contributed by atoms with Crippen LogP contribution in [-0.4, -0.2) is 47.3 Å². The quantitative estimate of drug-likeness (QED) is 0.444. The number of nitrogens with zero attached hydrogens (tertiary/aromatic N) is 1. The molecule has 1 aliphatic rings. The van der Waals surface area contributed by atoms with Crippen molar-refractivity contribution in [1.82, 2.24) is 4.90 Å². The van der Waals surface area contributed by atoms with E-state index in [1.807, 2.05) is 0 Å². The minimum atomic E-state index is -6.94. The van der Waals surface area contributed by atoms with Gasteiger partial charge in [0.15, 0.2) is 0 Å². The topological polar surface area (TPSA) is 20.1 Å². The smallest absolute Gasteiger partial charge is 0.326 e. The van der Waals surface area contributed by atoms with Gasteiger partial charge in [0.2, 0.25) is 5.91 Å². The molecule has 1 rings (SSSR count). The molecule has 0 aromatic rings. The monoisotopic (exact) mass is 315 g/mol. The summed E-state index contributed by atoms with van der Waals surface area (Å²) in [5.74, 6) is -20.7. The van der Waals surface area contributed by atoms with Gasteiger partial charge in [0.05, 0.1) is 0 Å². The highest BCUT2D eigenvalue weighted by atomic mass is 19.4. The summed E-state index contributed by atoms with van der Waals surface area (Å²) in [6.07, 6.45) is -6.42. The Kier molecular flexibility index (Phi) is 3.56. The largest absolute Gasteiger partial charge is 0.460 e. The van der Waals surface area contributed by atoms with Crippen molar-refractivity contribution in [3.8, 4) is 0 Å². The minimum Gasteiger partial charge on any atom is -0.326 e. The summed E-state index contributed by atoms with van der Waals surface area (Å²) in [6.45, 7) is 1.77. The number of rotatable bonds is 4. The lowest BCUT2D eigenvalue weighted by Gasteiger charge is -2.33. The number of amides is 1. The van der Waals surface area contributed by atoms with Gasteiger partial charge in [0.1, 0.15) is 6.04 Å². The molecule has 20 heavy (non-hydrogen) atoms. The summed E-state index contributed by atoms with van der Waals surface area (Å²) in [6, 6.07) is -2.74. The Hall–Kier alpha value is -1.42. The Bertz CT molecular complexity index is 428. The fourth-order valence-electron chi connectivity index (χ4n) is 1.41. The molecule has 0 aliphatic carbocycles. The van der Waals surface area contributed by atoms with E-state index in [2.05, 4.69) is 6.58 Å². The van der Waals surface area contributed by atoms with Crippen LogP contribution < -0.4 is 0 Å². The highest BCUT2D eigenvalue weighted by Crippen LogP contribution is 2.56. The third kappa shape index (κ3) is 2.12. The summed E-state index contributed by atoms with van der Waals surface area (Å²) in [5.41, 5.74) is 0. The van der Waals surface area contributed by atoms with Crippen LogP contribution in [0.3, 0.4) is 0 Å². The Morgan fingerprint density at radius 1 is 1.00 bits per heavy atom. The zero-order valence-corrected chi connectivity index (χ0v) is 9.33. The van der Waals surface area contributed by atoms with Gasteiger partial charge < -0.3 is 4.90 Å². The number of hydrogen-bond acceptors (Lipinski definition) is 1. The molecule has 1 saturated heterocycles. The SMILES string of the molecule is C=CC(=O)N1CC1C(F)(F)C(F)(F)C(F)(F)C(F)(F)F. The van der Waals surface area contributed by atoms with Gasteiger partial charge in [-0.15, -0.1) is 0 Å². The van der Waals surface area contributed by atoms with Crippen molar-refractivity contribution in [2.24, 2.45) is 0 Å². The second-order valence-electron chi connectivity index (χ2n) is 3.98. The molecule has 0 saturated carbocycles. The van der Waals surface area contributed by atoms with Gasteiger partial charge in [-0.2, -0.15) is 39.5 Å². The normalized spacial score (nSPS) is 20.9.